The van der Waals surface area contributed by atoms with Crippen LogP contribution in [-0.4, -0.2) is 4.57 Å². The van der Waals surface area contributed by atoms with Gasteiger partial charge in [0.25, 0.3) is 0 Å². The summed E-state index contributed by atoms with van der Waals surface area (Å²) < 4.78 is 2.49. The van der Waals surface area contributed by atoms with E-state index < -0.39 is 10.8 Å². The lowest BCUT2D eigenvalue weighted by molar-refractivity contribution is 0.768. The lowest BCUT2D eigenvalue weighted by Crippen LogP contribution is -2.28. The topological polar surface area (TPSA) is 11.4 Å². The molecule has 3 nitrogen and oxygen atoms in total. The van der Waals surface area contributed by atoms with Crippen LogP contribution in [0.2, 0.25) is 0 Å². The number of rotatable bonds is 12. The zero-order valence-electron chi connectivity index (χ0n) is 48.9. The number of anilines is 6. The van der Waals surface area contributed by atoms with E-state index in [1.165, 1.54) is 77.9 Å². The zero-order valence-corrected chi connectivity index (χ0v) is 48.9. The predicted molar refractivity (Wildman–Crippen MR) is 370 cm³/mol. The number of hydrogen-bond donors (Lipinski definition) is 0. The molecule has 2 aliphatic rings. The van der Waals surface area contributed by atoms with Crippen molar-refractivity contribution >= 4 is 55.9 Å². The molecule has 0 spiro atoms. The quantitative estimate of drug-likeness (QED) is 0.121. The molecule has 89 heavy (non-hydrogen) atoms. The molecule has 0 atom stereocenters. The second-order valence-corrected chi connectivity index (χ2v) is 23.5. The van der Waals surface area contributed by atoms with E-state index in [0.717, 1.165) is 61.6 Å². The Balaban J connectivity index is 0.971. The van der Waals surface area contributed by atoms with Crippen LogP contribution in [0.25, 0.3) is 60.9 Å². The SMILES string of the molecule is c1ccc(-c2ccc(-n3c4ccccc4c4c(N(c5ccccc5)c5ccc6c(c5)C(c5ccccc5)(c5ccccc5)c5ccccc5-6)cc(N(c5ccccc5)c5ccc6c(c5)C(c5ccccc5)(c5ccccc5)c5ccccc5-6)cc43)cc2)cc1. The number of benzene rings is 14. The van der Waals surface area contributed by atoms with Gasteiger partial charge in [-0.05, 0) is 157 Å². The third kappa shape index (κ3) is 8.06. The molecule has 1 aromatic heterocycles. The van der Waals surface area contributed by atoms with Crippen molar-refractivity contribution in [1.82, 2.24) is 4.57 Å². The largest absolute Gasteiger partial charge is 0.310 e. The first kappa shape index (κ1) is 51.9. The minimum absolute atomic E-state index is 0.605. The van der Waals surface area contributed by atoms with Gasteiger partial charge in [0, 0.05) is 39.2 Å². The average Bonchev–Trinajstić information content (AvgIpc) is 1.59. The average molecular weight is 1130 g/mol. The molecule has 3 heteroatoms. The molecule has 0 fully saturated rings. The van der Waals surface area contributed by atoms with Crippen LogP contribution in [0.4, 0.5) is 34.1 Å². The molecule has 0 unspecified atom stereocenters. The summed E-state index contributed by atoms with van der Waals surface area (Å²) in [6.07, 6.45) is 0. The molecule has 0 bridgehead atoms. The van der Waals surface area contributed by atoms with Gasteiger partial charge in [0.2, 0.25) is 0 Å². The molecular weight excluding hydrogens is 1070 g/mol. The summed E-state index contributed by atoms with van der Waals surface area (Å²) in [5.74, 6) is 0. The highest BCUT2D eigenvalue weighted by molar-refractivity contribution is 6.18. The fourth-order valence-electron chi connectivity index (χ4n) is 15.2. The van der Waals surface area contributed by atoms with Crippen LogP contribution < -0.4 is 9.80 Å². The van der Waals surface area contributed by atoms with Crippen molar-refractivity contribution in [3.8, 4) is 39.1 Å². The first-order valence-corrected chi connectivity index (χ1v) is 30.8. The van der Waals surface area contributed by atoms with E-state index in [4.69, 9.17) is 0 Å². The van der Waals surface area contributed by atoms with Crippen LogP contribution >= 0.6 is 0 Å². The Bertz CT molecular complexity index is 5020. The Hall–Kier alpha value is -11.5. The molecule has 1 heterocycles. The van der Waals surface area contributed by atoms with Gasteiger partial charge < -0.3 is 14.4 Å². The molecule has 418 valence electrons. The molecule has 15 aromatic rings. The molecule has 0 saturated heterocycles. The fourth-order valence-corrected chi connectivity index (χ4v) is 15.2. The third-order valence-corrected chi connectivity index (χ3v) is 18.9. The molecular formula is C86H59N3. The molecule has 0 saturated carbocycles. The Labute approximate surface area is 519 Å². The van der Waals surface area contributed by atoms with Gasteiger partial charge in [-0.2, -0.15) is 0 Å². The minimum Gasteiger partial charge on any atom is -0.310 e. The van der Waals surface area contributed by atoms with Crippen LogP contribution in [0.5, 0.6) is 0 Å². The van der Waals surface area contributed by atoms with E-state index in [9.17, 15) is 0 Å². The molecule has 2 aliphatic carbocycles. The lowest BCUT2D eigenvalue weighted by atomic mass is 9.67. The van der Waals surface area contributed by atoms with Gasteiger partial charge in [-0.3, -0.25) is 0 Å². The van der Waals surface area contributed by atoms with Crippen molar-refractivity contribution in [2.45, 2.75) is 10.8 Å². The maximum Gasteiger partial charge on any atom is 0.0714 e. The van der Waals surface area contributed by atoms with Crippen molar-refractivity contribution in [2.24, 2.45) is 0 Å². The van der Waals surface area contributed by atoms with E-state index >= 15 is 0 Å². The smallest absolute Gasteiger partial charge is 0.0714 e. The van der Waals surface area contributed by atoms with Gasteiger partial charge >= 0.3 is 0 Å². The Kier molecular flexibility index (Phi) is 12.3. The van der Waals surface area contributed by atoms with Crippen LogP contribution in [-0.2, 0) is 10.8 Å². The minimum atomic E-state index is -0.613. The van der Waals surface area contributed by atoms with Gasteiger partial charge in [0.1, 0.15) is 0 Å². The highest BCUT2D eigenvalue weighted by atomic mass is 15.2. The first-order valence-electron chi connectivity index (χ1n) is 30.8. The van der Waals surface area contributed by atoms with E-state index in [1.54, 1.807) is 0 Å². The number of fused-ring (bicyclic) bond motifs is 9. The van der Waals surface area contributed by atoms with Crippen molar-refractivity contribution in [1.29, 1.82) is 0 Å². The van der Waals surface area contributed by atoms with E-state index in [-0.39, 0.29) is 0 Å². The van der Waals surface area contributed by atoms with Crippen LogP contribution in [0.15, 0.2) is 358 Å². The van der Waals surface area contributed by atoms with Gasteiger partial charge in [0.15, 0.2) is 0 Å². The lowest BCUT2D eigenvalue weighted by Gasteiger charge is -2.35. The molecule has 17 rings (SSSR count). The molecule has 0 amide bonds. The van der Waals surface area contributed by atoms with E-state index in [0.29, 0.717) is 0 Å². The summed E-state index contributed by atoms with van der Waals surface area (Å²) in [6, 6.07) is 133. The Morgan fingerprint density at radius 2 is 0.618 bits per heavy atom. The summed E-state index contributed by atoms with van der Waals surface area (Å²) in [5, 5.41) is 2.30. The monoisotopic (exact) mass is 1130 g/mol. The number of nitrogens with zero attached hydrogens (tertiary/aromatic N) is 3. The summed E-state index contributed by atoms with van der Waals surface area (Å²) in [7, 11) is 0. The molecule has 0 radical (unpaired) electrons. The Morgan fingerprint density at radius 1 is 0.236 bits per heavy atom. The second kappa shape index (κ2) is 21.2. The van der Waals surface area contributed by atoms with Crippen LogP contribution in [0.1, 0.15) is 44.5 Å². The molecule has 0 aliphatic heterocycles. The van der Waals surface area contributed by atoms with Gasteiger partial charge in [0.05, 0.1) is 33.2 Å². The summed E-state index contributed by atoms with van der Waals surface area (Å²) in [5.41, 5.74) is 25.6. The third-order valence-electron chi connectivity index (χ3n) is 18.9. The van der Waals surface area contributed by atoms with Crippen LogP contribution in [0.3, 0.4) is 0 Å². The van der Waals surface area contributed by atoms with Gasteiger partial charge in [-0.25, -0.2) is 0 Å². The number of hydrogen-bond acceptors (Lipinski definition) is 2. The maximum absolute atomic E-state index is 2.53. The van der Waals surface area contributed by atoms with Crippen LogP contribution in [0, 0.1) is 0 Å². The van der Waals surface area contributed by atoms with Gasteiger partial charge in [-0.15, -0.1) is 0 Å². The summed E-state index contributed by atoms with van der Waals surface area (Å²) in [4.78, 5) is 5.02. The second-order valence-electron chi connectivity index (χ2n) is 23.5. The van der Waals surface area contributed by atoms with Crippen molar-refractivity contribution in [2.75, 3.05) is 9.80 Å². The summed E-state index contributed by atoms with van der Waals surface area (Å²) >= 11 is 0. The van der Waals surface area contributed by atoms with E-state index in [2.05, 4.69) is 372 Å². The van der Waals surface area contributed by atoms with Gasteiger partial charge in [-0.1, -0.05) is 279 Å². The number of aromatic nitrogens is 1. The Morgan fingerprint density at radius 3 is 1.11 bits per heavy atom. The van der Waals surface area contributed by atoms with E-state index in [1.807, 2.05) is 0 Å². The standard InChI is InChI=1S/C86H59N3/c1-8-28-60(29-9-1)61-48-50-68(51-49-61)89-81-47-27-24-44-76(81)84-82(88(67-40-20-7-21-41-67)70-53-55-75-73-43-23-26-46-78(73)86(80(75)57-70,64-34-14-4-15-35-64)65-36-16-5-17-37-65)58-71(59-83(84)89)87(66-38-18-6-19-39-66)69-52-54-74-72-42-22-25-45-77(72)85(79(74)56-69,62-30-10-2-11-31-62)63-32-12-3-13-33-63/h1-59H. The zero-order chi connectivity index (χ0) is 58.9. The highest BCUT2D eigenvalue weighted by Crippen LogP contribution is 2.60. The fraction of sp³-hybridized carbons (Fsp3) is 0.0233. The number of para-hydroxylation sites is 3. The molecule has 14 aromatic carbocycles. The van der Waals surface area contributed by atoms with Crippen molar-refractivity contribution in [3.05, 3.63) is 402 Å². The van der Waals surface area contributed by atoms with Crippen molar-refractivity contribution in [3.63, 3.8) is 0 Å². The highest BCUT2D eigenvalue weighted by Gasteiger charge is 2.48. The van der Waals surface area contributed by atoms with Crippen molar-refractivity contribution < 1.29 is 0 Å². The normalized spacial score (nSPS) is 13.1. The maximum atomic E-state index is 2.53. The summed E-state index contributed by atoms with van der Waals surface area (Å²) in [6.45, 7) is 0. The predicted octanol–water partition coefficient (Wildman–Crippen LogP) is 22.1. The first-order chi connectivity index (χ1) is 44.2. The molecule has 0 N–H and O–H groups in total.